The fourth-order valence-corrected chi connectivity index (χ4v) is 3.66. The smallest absolute Gasteiger partial charge is 0.246 e. The Bertz CT molecular complexity index is 570. The van der Waals surface area contributed by atoms with Crippen molar-refractivity contribution in [2.75, 3.05) is 25.0 Å². The topological polar surface area (TPSA) is 61.4 Å². The van der Waals surface area contributed by atoms with Crippen LogP contribution in [0.3, 0.4) is 0 Å². The quantitative estimate of drug-likeness (QED) is 0.749. The summed E-state index contributed by atoms with van der Waals surface area (Å²) in [5.41, 5.74) is 0.760. The summed E-state index contributed by atoms with van der Waals surface area (Å²) in [6.07, 6.45) is 3.63. The highest BCUT2D eigenvalue weighted by Crippen LogP contribution is 2.25. The van der Waals surface area contributed by atoms with Crippen LogP contribution in [0.4, 0.5) is 5.69 Å². The van der Waals surface area contributed by atoms with Gasteiger partial charge in [-0.2, -0.15) is 0 Å². The summed E-state index contributed by atoms with van der Waals surface area (Å²) in [6, 6.07) is 8.92. The maximum Gasteiger partial charge on any atom is 0.246 e. The predicted molar refractivity (Wildman–Crippen MR) is 106 cm³/mol. The average molecular weight is 360 g/mol. The Morgan fingerprint density at radius 2 is 1.85 bits per heavy atom. The molecule has 0 aromatic heterocycles. The third-order valence-electron chi connectivity index (χ3n) is 5.36. The van der Waals surface area contributed by atoms with E-state index in [0.717, 1.165) is 38.0 Å². The first-order valence-electron chi connectivity index (χ1n) is 9.89. The molecule has 1 aliphatic rings. The molecule has 5 heteroatoms. The summed E-state index contributed by atoms with van der Waals surface area (Å²) in [7, 11) is 0. The number of carbonyl (C=O) groups is 2. The standard InChI is InChI=1S/C21H33N3O2/c1-4-14-24(17(3)21(26)23-19-8-6-5-7-9-19)20(25)15-16(2)18-10-12-22-13-11-18/h5-9,16-18,22H,4,10-15H2,1-3H3,(H,23,26). The second kappa shape index (κ2) is 10.3. The molecule has 1 aromatic rings. The van der Waals surface area contributed by atoms with Gasteiger partial charge in [-0.15, -0.1) is 0 Å². The van der Waals surface area contributed by atoms with Crippen molar-refractivity contribution in [3.05, 3.63) is 30.3 Å². The molecule has 1 saturated heterocycles. The Labute approximate surface area is 157 Å². The second-order valence-corrected chi connectivity index (χ2v) is 7.39. The normalized spacial score (nSPS) is 17.3. The highest BCUT2D eigenvalue weighted by Gasteiger charge is 2.28. The summed E-state index contributed by atoms with van der Waals surface area (Å²) in [5, 5.41) is 6.29. The fraction of sp³-hybridized carbons (Fsp3) is 0.619. The molecule has 144 valence electrons. The number of benzene rings is 1. The Kier molecular flexibility index (Phi) is 8.10. The highest BCUT2D eigenvalue weighted by atomic mass is 16.2. The van der Waals surface area contributed by atoms with Crippen molar-refractivity contribution in [3.63, 3.8) is 0 Å². The molecule has 2 amide bonds. The molecule has 26 heavy (non-hydrogen) atoms. The molecule has 2 atom stereocenters. The fourth-order valence-electron chi connectivity index (χ4n) is 3.66. The van der Waals surface area contributed by atoms with Gasteiger partial charge in [0.25, 0.3) is 0 Å². The van der Waals surface area contributed by atoms with Gasteiger partial charge in [0, 0.05) is 18.7 Å². The Morgan fingerprint density at radius 1 is 1.19 bits per heavy atom. The van der Waals surface area contributed by atoms with E-state index in [1.807, 2.05) is 44.2 Å². The number of anilines is 1. The second-order valence-electron chi connectivity index (χ2n) is 7.39. The Balaban J connectivity index is 1.96. The van der Waals surface area contributed by atoms with Gasteiger partial charge in [0.2, 0.25) is 11.8 Å². The van der Waals surface area contributed by atoms with Crippen molar-refractivity contribution in [3.8, 4) is 0 Å². The minimum absolute atomic E-state index is 0.0913. The number of hydrogen-bond acceptors (Lipinski definition) is 3. The van der Waals surface area contributed by atoms with E-state index in [1.54, 1.807) is 4.90 Å². The molecule has 2 unspecified atom stereocenters. The lowest BCUT2D eigenvalue weighted by atomic mass is 9.84. The maximum atomic E-state index is 12.9. The predicted octanol–water partition coefficient (Wildman–Crippen LogP) is 3.28. The Hall–Kier alpha value is -1.88. The van der Waals surface area contributed by atoms with Crippen LogP contribution < -0.4 is 10.6 Å². The van der Waals surface area contributed by atoms with Gasteiger partial charge in [-0.05, 0) is 63.2 Å². The molecule has 5 nitrogen and oxygen atoms in total. The van der Waals surface area contributed by atoms with E-state index in [9.17, 15) is 9.59 Å². The van der Waals surface area contributed by atoms with Gasteiger partial charge in [0.15, 0.2) is 0 Å². The van der Waals surface area contributed by atoms with E-state index < -0.39 is 6.04 Å². The maximum absolute atomic E-state index is 12.9. The van der Waals surface area contributed by atoms with E-state index in [1.165, 1.54) is 0 Å². The molecule has 2 rings (SSSR count). The monoisotopic (exact) mass is 359 g/mol. The summed E-state index contributed by atoms with van der Waals surface area (Å²) in [5.74, 6) is 0.909. The average Bonchev–Trinajstić information content (AvgIpc) is 2.66. The molecular formula is C21H33N3O2. The minimum atomic E-state index is -0.470. The molecule has 1 aliphatic heterocycles. The molecule has 0 bridgehead atoms. The van der Waals surface area contributed by atoms with Gasteiger partial charge in [-0.3, -0.25) is 9.59 Å². The van der Waals surface area contributed by atoms with E-state index >= 15 is 0 Å². The summed E-state index contributed by atoms with van der Waals surface area (Å²) >= 11 is 0. The van der Waals surface area contributed by atoms with E-state index in [0.29, 0.717) is 24.8 Å². The van der Waals surface area contributed by atoms with Crippen LogP contribution in [0.25, 0.3) is 0 Å². The zero-order valence-electron chi connectivity index (χ0n) is 16.3. The van der Waals surface area contributed by atoms with Crippen molar-refractivity contribution in [2.24, 2.45) is 11.8 Å². The SMILES string of the molecule is CCCN(C(=O)CC(C)C1CCNCC1)C(C)C(=O)Nc1ccccc1. The lowest BCUT2D eigenvalue weighted by Gasteiger charge is -2.32. The van der Waals surface area contributed by atoms with Crippen LogP contribution in [0.2, 0.25) is 0 Å². The minimum Gasteiger partial charge on any atom is -0.331 e. The molecule has 0 spiro atoms. The van der Waals surface area contributed by atoms with Crippen molar-refractivity contribution >= 4 is 17.5 Å². The third kappa shape index (κ3) is 5.84. The first-order valence-corrected chi connectivity index (χ1v) is 9.89. The third-order valence-corrected chi connectivity index (χ3v) is 5.36. The number of rotatable bonds is 8. The zero-order valence-corrected chi connectivity index (χ0v) is 16.3. The van der Waals surface area contributed by atoms with Gasteiger partial charge in [0.1, 0.15) is 6.04 Å². The summed E-state index contributed by atoms with van der Waals surface area (Å²) in [4.78, 5) is 27.3. The van der Waals surface area contributed by atoms with E-state index in [2.05, 4.69) is 17.6 Å². The summed E-state index contributed by atoms with van der Waals surface area (Å²) < 4.78 is 0. The number of nitrogens with one attached hydrogen (secondary N) is 2. The van der Waals surface area contributed by atoms with Crippen LogP contribution in [-0.2, 0) is 9.59 Å². The zero-order chi connectivity index (χ0) is 18.9. The van der Waals surface area contributed by atoms with Gasteiger partial charge >= 0.3 is 0 Å². The lowest BCUT2D eigenvalue weighted by molar-refractivity contribution is -0.139. The largest absolute Gasteiger partial charge is 0.331 e. The van der Waals surface area contributed by atoms with Crippen molar-refractivity contribution in [2.45, 2.75) is 52.5 Å². The van der Waals surface area contributed by atoms with Crippen molar-refractivity contribution < 1.29 is 9.59 Å². The number of piperidine rings is 1. The number of nitrogens with zero attached hydrogens (tertiary/aromatic N) is 1. The first kappa shape index (κ1) is 20.4. The molecule has 0 saturated carbocycles. The van der Waals surface area contributed by atoms with Crippen LogP contribution in [0.5, 0.6) is 0 Å². The van der Waals surface area contributed by atoms with E-state index in [-0.39, 0.29) is 11.8 Å². The molecule has 1 heterocycles. The number of carbonyl (C=O) groups excluding carboxylic acids is 2. The number of amides is 2. The van der Waals surface area contributed by atoms with Gasteiger partial charge < -0.3 is 15.5 Å². The lowest BCUT2D eigenvalue weighted by Crippen LogP contribution is -2.46. The number of para-hydroxylation sites is 1. The number of hydrogen-bond donors (Lipinski definition) is 2. The van der Waals surface area contributed by atoms with Crippen molar-refractivity contribution in [1.29, 1.82) is 0 Å². The van der Waals surface area contributed by atoms with Crippen molar-refractivity contribution in [1.82, 2.24) is 10.2 Å². The summed E-state index contributed by atoms with van der Waals surface area (Å²) in [6.45, 7) is 8.72. The van der Waals surface area contributed by atoms with Crippen LogP contribution in [0.1, 0.15) is 46.5 Å². The highest BCUT2D eigenvalue weighted by molar-refractivity contribution is 5.96. The first-order chi connectivity index (χ1) is 12.5. The van der Waals surface area contributed by atoms with Crippen LogP contribution in [0.15, 0.2) is 30.3 Å². The molecule has 0 aliphatic carbocycles. The van der Waals surface area contributed by atoms with Crippen LogP contribution >= 0.6 is 0 Å². The van der Waals surface area contributed by atoms with Gasteiger partial charge in [-0.1, -0.05) is 32.0 Å². The molecular weight excluding hydrogens is 326 g/mol. The Morgan fingerprint density at radius 3 is 2.46 bits per heavy atom. The van der Waals surface area contributed by atoms with Gasteiger partial charge in [-0.25, -0.2) is 0 Å². The van der Waals surface area contributed by atoms with E-state index in [4.69, 9.17) is 0 Å². The van der Waals surface area contributed by atoms with Crippen LogP contribution in [0, 0.1) is 11.8 Å². The molecule has 1 fully saturated rings. The molecule has 2 N–H and O–H groups in total. The molecule has 1 aromatic carbocycles. The van der Waals surface area contributed by atoms with Crippen LogP contribution in [-0.4, -0.2) is 42.4 Å². The van der Waals surface area contributed by atoms with Gasteiger partial charge in [0.05, 0.1) is 0 Å². The molecule has 0 radical (unpaired) electrons.